The zero-order chi connectivity index (χ0) is 19.9. The summed E-state index contributed by atoms with van der Waals surface area (Å²) in [7, 11) is 2.16. The molecule has 1 amide bonds. The number of carbonyl (C=O) groups excluding carboxylic acids is 1. The molecule has 0 atom stereocenters. The maximum absolute atomic E-state index is 12.6. The molecule has 0 radical (unpaired) electrons. The Morgan fingerprint density at radius 3 is 2.61 bits per heavy atom. The van der Waals surface area contributed by atoms with Gasteiger partial charge in [-0.15, -0.1) is 11.8 Å². The van der Waals surface area contributed by atoms with E-state index in [2.05, 4.69) is 46.6 Å². The predicted octanol–water partition coefficient (Wildman–Crippen LogP) is 2.57. The molecule has 0 spiro atoms. The summed E-state index contributed by atoms with van der Waals surface area (Å²) in [5.41, 5.74) is 3.03. The van der Waals surface area contributed by atoms with E-state index in [9.17, 15) is 4.79 Å². The van der Waals surface area contributed by atoms with Gasteiger partial charge in [-0.3, -0.25) is 14.7 Å². The van der Waals surface area contributed by atoms with Gasteiger partial charge in [0, 0.05) is 62.5 Å². The van der Waals surface area contributed by atoms with Crippen molar-refractivity contribution in [1.29, 1.82) is 5.26 Å². The van der Waals surface area contributed by atoms with E-state index in [1.807, 2.05) is 23.1 Å². The third-order valence-corrected chi connectivity index (χ3v) is 6.15. The lowest BCUT2D eigenvalue weighted by molar-refractivity contribution is -0.116. The number of rotatable bonds is 4. The molecule has 1 saturated heterocycles. The largest absolute Gasteiger partial charge is 0.309 e. The van der Waals surface area contributed by atoms with Gasteiger partial charge in [0.1, 0.15) is 0 Å². The number of hydrogen-bond donors (Lipinski definition) is 0. The summed E-state index contributed by atoms with van der Waals surface area (Å²) in [4.78, 5) is 25.0. The fourth-order valence-corrected chi connectivity index (χ4v) is 4.37. The predicted molar refractivity (Wildman–Crippen MR) is 113 cm³/mol. The van der Waals surface area contributed by atoms with E-state index in [-0.39, 0.29) is 5.91 Å². The molecule has 1 aromatic heterocycles. The zero-order valence-corrected chi connectivity index (χ0v) is 16.9. The average molecular weight is 396 g/mol. The number of amides is 1. The normalized spacial score (nSPS) is 17.5. The summed E-state index contributed by atoms with van der Waals surface area (Å²) < 4.78 is 0. The molecule has 146 valence electrons. The van der Waals surface area contributed by atoms with Crippen LogP contribution < -0.4 is 4.90 Å². The van der Waals surface area contributed by atoms with Crippen molar-refractivity contribution < 1.29 is 4.79 Å². The first-order valence-electron chi connectivity index (χ1n) is 9.36. The SMILES string of the molecule is C#N.CN1CCN(CCN2C(=O)CSc3ccc(-c4ccccn4)cc32)CC1. The van der Waals surface area contributed by atoms with E-state index in [0.29, 0.717) is 5.75 Å². The number of nitriles is 1. The molecule has 3 heterocycles. The van der Waals surface area contributed by atoms with Crippen molar-refractivity contribution in [3.05, 3.63) is 42.6 Å². The Morgan fingerprint density at radius 1 is 1.11 bits per heavy atom. The lowest BCUT2D eigenvalue weighted by atomic mass is 10.1. The number of nitrogens with zero attached hydrogens (tertiary/aromatic N) is 5. The third kappa shape index (κ3) is 4.71. The fourth-order valence-electron chi connectivity index (χ4n) is 3.45. The van der Waals surface area contributed by atoms with Crippen molar-refractivity contribution >= 4 is 23.4 Å². The average Bonchev–Trinajstić information content (AvgIpc) is 2.76. The van der Waals surface area contributed by atoms with Crippen LogP contribution >= 0.6 is 11.8 Å². The Kier molecular flexibility index (Phi) is 7.04. The molecule has 0 aliphatic carbocycles. The molecule has 2 aromatic rings. The maximum Gasteiger partial charge on any atom is 0.237 e. The van der Waals surface area contributed by atoms with Crippen molar-refractivity contribution in [3.63, 3.8) is 0 Å². The number of hydrogen-bond acceptors (Lipinski definition) is 6. The summed E-state index contributed by atoms with van der Waals surface area (Å²) in [6.45, 7) is 9.54. The number of piperazine rings is 1. The van der Waals surface area contributed by atoms with Crippen LogP contribution in [0.25, 0.3) is 11.3 Å². The molecule has 0 saturated carbocycles. The van der Waals surface area contributed by atoms with Gasteiger partial charge in [-0.25, -0.2) is 5.26 Å². The summed E-state index contributed by atoms with van der Waals surface area (Å²) in [6, 6.07) is 12.3. The van der Waals surface area contributed by atoms with E-state index < -0.39 is 0 Å². The van der Waals surface area contributed by atoms with Crippen LogP contribution in [0.5, 0.6) is 0 Å². The molecule has 4 rings (SSSR count). The van der Waals surface area contributed by atoms with Gasteiger partial charge in [-0.05, 0) is 31.3 Å². The summed E-state index contributed by atoms with van der Waals surface area (Å²) >= 11 is 1.63. The van der Waals surface area contributed by atoms with E-state index in [0.717, 1.165) is 56.2 Å². The highest BCUT2D eigenvalue weighted by molar-refractivity contribution is 8.00. The highest BCUT2D eigenvalue weighted by Crippen LogP contribution is 2.37. The topological polar surface area (TPSA) is 63.5 Å². The first-order chi connectivity index (χ1) is 13.7. The minimum atomic E-state index is 0.204. The number of benzene rings is 1. The Morgan fingerprint density at radius 2 is 1.89 bits per heavy atom. The van der Waals surface area contributed by atoms with Crippen molar-refractivity contribution in [2.24, 2.45) is 0 Å². The minimum absolute atomic E-state index is 0.204. The lowest BCUT2D eigenvalue weighted by Crippen LogP contribution is -2.48. The van der Waals surface area contributed by atoms with Crippen LogP contribution in [0.15, 0.2) is 47.5 Å². The first kappa shape index (κ1) is 20.3. The Hall–Kier alpha value is -2.40. The van der Waals surface area contributed by atoms with Gasteiger partial charge in [0.15, 0.2) is 0 Å². The number of thioether (sulfide) groups is 1. The monoisotopic (exact) mass is 395 g/mol. The van der Waals surface area contributed by atoms with Crippen LogP contribution in [-0.4, -0.2) is 72.8 Å². The number of pyridine rings is 1. The van der Waals surface area contributed by atoms with Gasteiger partial charge >= 0.3 is 0 Å². The molecule has 28 heavy (non-hydrogen) atoms. The smallest absolute Gasteiger partial charge is 0.237 e. The van der Waals surface area contributed by atoms with Crippen LogP contribution in [0.3, 0.4) is 0 Å². The number of likely N-dealkylation sites (N-methyl/N-ethyl adjacent to an activating group) is 1. The van der Waals surface area contributed by atoms with Crippen molar-refractivity contribution in [2.75, 3.05) is 57.0 Å². The van der Waals surface area contributed by atoms with E-state index >= 15 is 0 Å². The van der Waals surface area contributed by atoms with E-state index in [1.54, 1.807) is 18.0 Å². The van der Waals surface area contributed by atoms with Crippen molar-refractivity contribution in [2.45, 2.75) is 4.90 Å². The molecule has 1 fully saturated rings. The van der Waals surface area contributed by atoms with Gasteiger partial charge in [-0.1, -0.05) is 12.1 Å². The van der Waals surface area contributed by atoms with Gasteiger partial charge in [0.25, 0.3) is 0 Å². The van der Waals surface area contributed by atoms with Gasteiger partial charge in [0.05, 0.1) is 17.1 Å². The number of aromatic nitrogens is 1. The van der Waals surface area contributed by atoms with Crippen molar-refractivity contribution in [1.82, 2.24) is 14.8 Å². The van der Waals surface area contributed by atoms with Crippen LogP contribution in [0.2, 0.25) is 0 Å². The second-order valence-corrected chi connectivity index (χ2v) is 7.89. The summed E-state index contributed by atoms with van der Waals surface area (Å²) in [5.74, 6) is 0.730. The third-order valence-electron chi connectivity index (χ3n) is 5.10. The van der Waals surface area contributed by atoms with Gasteiger partial charge < -0.3 is 9.80 Å². The minimum Gasteiger partial charge on any atom is -0.309 e. The Labute approximate surface area is 170 Å². The maximum atomic E-state index is 12.6. The van der Waals surface area contributed by atoms with Crippen LogP contribution in [0, 0.1) is 11.8 Å². The van der Waals surface area contributed by atoms with E-state index in [4.69, 9.17) is 5.26 Å². The second-order valence-electron chi connectivity index (χ2n) is 6.88. The van der Waals surface area contributed by atoms with Crippen LogP contribution in [0.4, 0.5) is 5.69 Å². The van der Waals surface area contributed by atoms with Crippen molar-refractivity contribution in [3.8, 4) is 17.8 Å². The lowest BCUT2D eigenvalue weighted by Gasteiger charge is -2.35. The highest BCUT2D eigenvalue weighted by Gasteiger charge is 2.26. The second kappa shape index (κ2) is 9.69. The molecule has 2 aliphatic rings. The standard InChI is InChI=1S/C20H24N4OS.CHN/c1-22-8-10-23(11-9-22)12-13-24-18-14-16(17-4-2-3-7-21-17)5-6-19(18)26-15-20(24)25;1-2/h2-7,14H,8-13,15H2,1H3;1H. The molecule has 1 aromatic carbocycles. The zero-order valence-electron chi connectivity index (χ0n) is 16.1. The Balaban J connectivity index is 0.00000109. The molecule has 7 heteroatoms. The van der Waals surface area contributed by atoms with Crippen LogP contribution in [0.1, 0.15) is 0 Å². The Bertz CT molecular complexity index is 818. The first-order valence-corrected chi connectivity index (χ1v) is 10.3. The molecular weight excluding hydrogens is 370 g/mol. The number of carbonyl (C=O) groups is 1. The molecule has 0 N–H and O–H groups in total. The van der Waals surface area contributed by atoms with E-state index in [1.165, 1.54) is 4.90 Å². The molecule has 0 bridgehead atoms. The van der Waals surface area contributed by atoms with Gasteiger partial charge in [0.2, 0.25) is 5.91 Å². The summed E-state index contributed by atoms with van der Waals surface area (Å²) in [6.07, 6.45) is 1.81. The number of anilines is 1. The molecular formula is C21H25N5OS. The fraction of sp³-hybridized carbons (Fsp3) is 0.381. The number of fused-ring (bicyclic) bond motifs is 1. The van der Waals surface area contributed by atoms with Crippen LogP contribution in [-0.2, 0) is 4.79 Å². The molecule has 0 unspecified atom stereocenters. The quantitative estimate of drug-likeness (QED) is 0.793. The molecule has 2 aliphatic heterocycles. The summed E-state index contributed by atoms with van der Waals surface area (Å²) in [5, 5.41) is 6.50. The van der Waals surface area contributed by atoms with Gasteiger partial charge in [-0.2, -0.15) is 0 Å². The molecule has 6 nitrogen and oxygen atoms in total. The highest BCUT2D eigenvalue weighted by atomic mass is 32.2.